The van der Waals surface area contributed by atoms with Crippen molar-refractivity contribution in [1.29, 1.82) is 0 Å². The van der Waals surface area contributed by atoms with Gasteiger partial charge in [-0.15, -0.1) is 0 Å². The van der Waals surface area contributed by atoms with Gasteiger partial charge in [-0.2, -0.15) is 0 Å². The predicted octanol–water partition coefficient (Wildman–Crippen LogP) is 6.73. The molecule has 0 heteroatoms. The van der Waals surface area contributed by atoms with E-state index in [0.29, 0.717) is 5.41 Å². The third kappa shape index (κ3) is 7.84. The Kier molecular flexibility index (Phi) is 11.1. The zero-order valence-corrected chi connectivity index (χ0v) is 13.0. The Hall–Kier alpha value is 0. The molecular weight excluding hydrogens is 204 g/mol. The van der Waals surface area contributed by atoms with Crippen molar-refractivity contribution in [3.8, 4) is 0 Å². The number of hydrogen-bond acceptors (Lipinski definition) is 0. The highest BCUT2D eigenvalue weighted by molar-refractivity contribution is 4.75. The largest absolute Gasteiger partial charge is 0.0654 e. The summed E-state index contributed by atoms with van der Waals surface area (Å²) in [4.78, 5) is 0. The van der Waals surface area contributed by atoms with E-state index in [-0.39, 0.29) is 0 Å². The van der Waals surface area contributed by atoms with E-state index >= 15 is 0 Å². The molecule has 0 radical (unpaired) electrons. The van der Waals surface area contributed by atoms with Crippen LogP contribution < -0.4 is 0 Å². The molecule has 0 unspecified atom stereocenters. The molecule has 0 aliphatic rings. The summed E-state index contributed by atoms with van der Waals surface area (Å²) >= 11 is 0. The van der Waals surface area contributed by atoms with Crippen LogP contribution in [0.2, 0.25) is 0 Å². The molecule has 0 bridgehead atoms. The van der Waals surface area contributed by atoms with Crippen molar-refractivity contribution in [2.45, 2.75) is 105 Å². The van der Waals surface area contributed by atoms with Crippen molar-refractivity contribution in [1.82, 2.24) is 0 Å². The van der Waals surface area contributed by atoms with Gasteiger partial charge in [-0.05, 0) is 18.3 Å². The van der Waals surface area contributed by atoms with Gasteiger partial charge in [-0.25, -0.2) is 0 Å². The second-order valence-electron chi connectivity index (χ2n) is 5.83. The van der Waals surface area contributed by atoms with Gasteiger partial charge in [0.25, 0.3) is 0 Å². The zero-order chi connectivity index (χ0) is 13.0. The lowest BCUT2D eigenvalue weighted by Crippen LogP contribution is -2.18. The van der Waals surface area contributed by atoms with Crippen molar-refractivity contribution in [2.24, 2.45) is 5.41 Å². The van der Waals surface area contributed by atoms with Gasteiger partial charge >= 0.3 is 0 Å². The molecule has 0 spiro atoms. The van der Waals surface area contributed by atoms with Gasteiger partial charge in [0, 0.05) is 0 Å². The number of hydrogen-bond donors (Lipinski definition) is 0. The lowest BCUT2D eigenvalue weighted by Gasteiger charge is -2.31. The van der Waals surface area contributed by atoms with Crippen LogP contribution in [0.5, 0.6) is 0 Å². The molecule has 0 aromatic heterocycles. The van der Waals surface area contributed by atoms with Crippen LogP contribution in [-0.4, -0.2) is 0 Å². The molecule has 104 valence electrons. The first-order valence-electron chi connectivity index (χ1n) is 8.24. The maximum absolute atomic E-state index is 2.39. The average Bonchev–Trinajstić information content (AvgIpc) is 2.36. The van der Waals surface area contributed by atoms with Gasteiger partial charge in [0.2, 0.25) is 0 Å². The van der Waals surface area contributed by atoms with E-state index in [2.05, 4.69) is 27.7 Å². The molecular formula is C17H36. The van der Waals surface area contributed by atoms with E-state index in [9.17, 15) is 0 Å². The molecule has 0 heterocycles. The van der Waals surface area contributed by atoms with Crippen LogP contribution in [0.3, 0.4) is 0 Å². The van der Waals surface area contributed by atoms with Crippen LogP contribution in [0, 0.1) is 5.41 Å². The predicted molar refractivity (Wildman–Crippen MR) is 80.5 cm³/mol. The number of unbranched alkanes of at least 4 members (excludes halogenated alkanes) is 6. The first kappa shape index (κ1) is 17.0. The fourth-order valence-electron chi connectivity index (χ4n) is 3.07. The van der Waals surface area contributed by atoms with Gasteiger partial charge in [0.1, 0.15) is 0 Å². The highest BCUT2D eigenvalue weighted by atomic mass is 14.3. The molecule has 0 saturated heterocycles. The second-order valence-corrected chi connectivity index (χ2v) is 5.83. The summed E-state index contributed by atoms with van der Waals surface area (Å²) in [7, 11) is 0. The normalized spacial score (nSPS) is 12.0. The molecule has 0 aliphatic heterocycles. The maximum Gasteiger partial charge on any atom is -0.0303 e. The highest BCUT2D eigenvalue weighted by Gasteiger charge is 2.23. The van der Waals surface area contributed by atoms with Crippen LogP contribution in [0.25, 0.3) is 0 Å². The third-order valence-electron chi connectivity index (χ3n) is 4.59. The SMILES string of the molecule is CCCCCCCCCC(CC)(CC)CCC. The fraction of sp³-hybridized carbons (Fsp3) is 1.00. The molecule has 0 atom stereocenters. The summed E-state index contributed by atoms with van der Waals surface area (Å²) in [5.41, 5.74) is 0.679. The highest BCUT2D eigenvalue weighted by Crippen LogP contribution is 2.37. The number of rotatable bonds is 12. The van der Waals surface area contributed by atoms with Gasteiger partial charge < -0.3 is 0 Å². The minimum Gasteiger partial charge on any atom is -0.0654 e. The van der Waals surface area contributed by atoms with Crippen LogP contribution in [-0.2, 0) is 0 Å². The molecule has 0 rings (SSSR count). The van der Waals surface area contributed by atoms with E-state index in [0.717, 1.165) is 0 Å². The van der Waals surface area contributed by atoms with Gasteiger partial charge in [0.15, 0.2) is 0 Å². The molecule has 0 aromatic carbocycles. The summed E-state index contributed by atoms with van der Waals surface area (Å²) in [6, 6.07) is 0. The maximum atomic E-state index is 2.39. The van der Waals surface area contributed by atoms with Crippen molar-refractivity contribution in [3.05, 3.63) is 0 Å². The first-order valence-corrected chi connectivity index (χ1v) is 8.24. The molecule has 0 amide bonds. The van der Waals surface area contributed by atoms with Crippen molar-refractivity contribution in [2.75, 3.05) is 0 Å². The topological polar surface area (TPSA) is 0 Å². The Balaban J connectivity index is 3.61. The summed E-state index contributed by atoms with van der Waals surface area (Å²) in [5.74, 6) is 0. The Morgan fingerprint density at radius 1 is 0.529 bits per heavy atom. The van der Waals surface area contributed by atoms with Gasteiger partial charge in [-0.3, -0.25) is 0 Å². The van der Waals surface area contributed by atoms with E-state index in [1.165, 1.54) is 77.0 Å². The Morgan fingerprint density at radius 2 is 1.06 bits per heavy atom. The molecule has 0 N–H and O–H groups in total. The lowest BCUT2D eigenvalue weighted by atomic mass is 9.74. The quantitative estimate of drug-likeness (QED) is 0.332. The van der Waals surface area contributed by atoms with Crippen molar-refractivity contribution < 1.29 is 0 Å². The van der Waals surface area contributed by atoms with Gasteiger partial charge in [-0.1, -0.05) is 91.9 Å². The van der Waals surface area contributed by atoms with E-state index in [1.807, 2.05) is 0 Å². The smallest absolute Gasteiger partial charge is 0.0303 e. The minimum atomic E-state index is 0.679. The standard InChI is InChI=1S/C17H36/c1-5-9-10-11-12-13-14-16-17(7-3,8-4)15-6-2/h5-16H2,1-4H3. The second kappa shape index (κ2) is 11.1. The van der Waals surface area contributed by atoms with E-state index < -0.39 is 0 Å². The molecule has 0 fully saturated rings. The van der Waals surface area contributed by atoms with Crippen LogP contribution in [0.1, 0.15) is 105 Å². The van der Waals surface area contributed by atoms with E-state index in [1.54, 1.807) is 0 Å². The Bertz CT molecular complexity index is 144. The van der Waals surface area contributed by atoms with Crippen molar-refractivity contribution in [3.63, 3.8) is 0 Å². The molecule has 0 saturated carbocycles. The minimum absolute atomic E-state index is 0.679. The van der Waals surface area contributed by atoms with Crippen molar-refractivity contribution >= 4 is 0 Å². The summed E-state index contributed by atoms with van der Waals surface area (Å²) < 4.78 is 0. The third-order valence-corrected chi connectivity index (χ3v) is 4.59. The van der Waals surface area contributed by atoms with Crippen LogP contribution >= 0.6 is 0 Å². The molecule has 0 aromatic rings. The summed E-state index contributed by atoms with van der Waals surface area (Å²) in [6.45, 7) is 9.41. The lowest BCUT2D eigenvalue weighted by molar-refractivity contribution is 0.208. The van der Waals surface area contributed by atoms with Crippen LogP contribution in [0.4, 0.5) is 0 Å². The molecule has 0 nitrogen and oxygen atoms in total. The summed E-state index contributed by atoms with van der Waals surface area (Å²) in [5, 5.41) is 0. The Morgan fingerprint density at radius 3 is 1.53 bits per heavy atom. The zero-order valence-electron chi connectivity index (χ0n) is 13.0. The van der Waals surface area contributed by atoms with E-state index in [4.69, 9.17) is 0 Å². The average molecular weight is 240 g/mol. The molecule has 17 heavy (non-hydrogen) atoms. The first-order chi connectivity index (χ1) is 8.24. The summed E-state index contributed by atoms with van der Waals surface area (Å²) in [6.07, 6.45) is 17.2. The Labute approximate surface area is 111 Å². The fourth-order valence-corrected chi connectivity index (χ4v) is 3.07. The van der Waals surface area contributed by atoms with Gasteiger partial charge in [0.05, 0.1) is 0 Å². The molecule has 0 aliphatic carbocycles. The van der Waals surface area contributed by atoms with Crippen LogP contribution in [0.15, 0.2) is 0 Å². The monoisotopic (exact) mass is 240 g/mol.